The molecule has 0 aliphatic carbocycles. The van der Waals surface area contributed by atoms with Gasteiger partial charge in [0.2, 0.25) is 0 Å². The van der Waals surface area contributed by atoms with Crippen molar-refractivity contribution in [1.82, 2.24) is 4.90 Å². The summed E-state index contributed by atoms with van der Waals surface area (Å²) in [4.78, 5) is 13.1. The van der Waals surface area contributed by atoms with Gasteiger partial charge in [-0.1, -0.05) is 12.1 Å². The van der Waals surface area contributed by atoms with Gasteiger partial charge in [-0.25, -0.2) is 0 Å². The van der Waals surface area contributed by atoms with Gasteiger partial charge in [0.25, 0.3) is 5.91 Å². The Morgan fingerprint density at radius 2 is 2.00 bits per heavy atom. The second-order valence-corrected chi connectivity index (χ2v) is 3.81. The average molecular weight is 237 g/mol. The first-order valence-corrected chi connectivity index (χ1v) is 5.74. The molecule has 17 heavy (non-hydrogen) atoms. The summed E-state index contributed by atoms with van der Waals surface area (Å²) in [5.74, 6) is 0.636. The molecule has 4 heteroatoms. The third-order valence-corrected chi connectivity index (χ3v) is 2.59. The van der Waals surface area contributed by atoms with Crippen molar-refractivity contribution in [1.29, 1.82) is 0 Å². The molecular formula is C13H19NO3. The minimum atomic E-state index is -0.0352. The summed E-state index contributed by atoms with van der Waals surface area (Å²) in [6.45, 7) is 2.79. The van der Waals surface area contributed by atoms with Gasteiger partial charge in [-0.05, 0) is 31.0 Å². The maximum Gasteiger partial charge on any atom is 0.260 e. The summed E-state index contributed by atoms with van der Waals surface area (Å²) < 4.78 is 5.37. The summed E-state index contributed by atoms with van der Waals surface area (Å²) in [6, 6.07) is 7.40. The average Bonchev–Trinajstić information content (AvgIpc) is 2.37. The van der Waals surface area contributed by atoms with E-state index < -0.39 is 0 Å². The standard InChI is InChI=1S/C13H19NO3/c1-3-14(2)13(16)10-17-12-6-4-11(5-7-12)8-9-15/h4-7,15H,3,8-10H2,1-2H3. The van der Waals surface area contributed by atoms with Gasteiger partial charge in [-0.3, -0.25) is 4.79 Å². The minimum Gasteiger partial charge on any atom is -0.484 e. The molecule has 0 atom stereocenters. The van der Waals surface area contributed by atoms with Crippen LogP contribution in [0, 0.1) is 0 Å². The number of benzene rings is 1. The van der Waals surface area contributed by atoms with E-state index in [2.05, 4.69) is 0 Å². The van der Waals surface area contributed by atoms with E-state index in [-0.39, 0.29) is 19.1 Å². The number of ether oxygens (including phenoxy) is 1. The van der Waals surface area contributed by atoms with Crippen LogP contribution in [0.2, 0.25) is 0 Å². The first kappa shape index (κ1) is 13.5. The van der Waals surface area contributed by atoms with Crippen molar-refractivity contribution < 1.29 is 14.6 Å². The Balaban J connectivity index is 2.44. The molecule has 0 heterocycles. The van der Waals surface area contributed by atoms with Crippen molar-refractivity contribution in [2.45, 2.75) is 13.3 Å². The Bertz CT molecular complexity index is 348. The lowest BCUT2D eigenvalue weighted by Gasteiger charge is -2.14. The normalized spacial score (nSPS) is 10.1. The second kappa shape index (κ2) is 6.91. The molecular weight excluding hydrogens is 218 g/mol. The van der Waals surface area contributed by atoms with Crippen LogP contribution in [-0.4, -0.2) is 42.7 Å². The number of nitrogens with zero attached hydrogens (tertiary/aromatic N) is 1. The highest BCUT2D eigenvalue weighted by Gasteiger charge is 2.06. The highest BCUT2D eigenvalue weighted by Crippen LogP contribution is 2.12. The number of aliphatic hydroxyl groups excluding tert-OH is 1. The number of amides is 1. The van der Waals surface area contributed by atoms with Gasteiger partial charge in [0.05, 0.1) is 0 Å². The Morgan fingerprint density at radius 3 is 2.53 bits per heavy atom. The number of likely N-dealkylation sites (N-methyl/N-ethyl adjacent to an activating group) is 1. The summed E-state index contributed by atoms with van der Waals surface area (Å²) in [6.07, 6.45) is 0.637. The van der Waals surface area contributed by atoms with Crippen LogP contribution < -0.4 is 4.74 Å². The summed E-state index contributed by atoms with van der Waals surface area (Å²) >= 11 is 0. The molecule has 0 bridgehead atoms. The Labute approximate surface area is 102 Å². The van der Waals surface area contributed by atoms with E-state index in [1.54, 1.807) is 11.9 Å². The van der Waals surface area contributed by atoms with Crippen LogP contribution in [0.5, 0.6) is 5.75 Å². The van der Waals surface area contributed by atoms with Crippen LogP contribution in [-0.2, 0) is 11.2 Å². The molecule has 1 aromatic rings. The quantitative estimate of drug-likeness (QED) is 0.805. The van der Waals surface area contributed by atoms with Crippen LogP contribution >= 0.6 is 0 Å². The molecule has 1 N–H and O–H groups in total. The number of hydrogen-bond donors (Lipinski definition) is 1. The van der Waals surface area contributed by atoms with Crippen LogP contribution in [0.25, 0.3) is 0 Å². The lowest BCUT2D eigenvalue weighted by atomic mass is 10.1. The first-order valence-electron chi connectivity index (χ1n) is 5.74. The van der Waals surface area contributed by atoms with E-state index in [0.29, 0.717) is 18.7 Å². The fourth-order valence-corrected chi connectivity index (χ4v) is 1.31. The lowest BCUT2D eigenvalue weighted by Crippen LogP contribution is -2.31. The van der Waals surface area contributed by atoms with Crippen LogP contribution in [0.4, 0.5) is 0 Å². The zero-order chi connectivity index (χ0) is 12.7. The SMILES string of the molecule is CCN(C)C(=O)COc1ccc(CCO)cc1. The molecule has 4 nitrogen and oxygen atoms in total. The smallest absolute Gasteiger partial charge is 0.260 e. The lowest BCUT2D eigenvalue weighted by molar-refractivity contribution is -0.131. The van der Waals surface area contributed by atoms with Gasteiger partial charge in [0.1, 0.15) is 5.75 Å². The van der Waals surface area contributed by atoms with Crippen LogP contribution in [0.15, 0.2) is 24.3 Å². The summed E-state index contributed by atoms with van der Waals surface area (Å²) in [5.41, 5.74) is 1.05. The molecule has 1 aromatic carbocycles. The largest absolute Gasteiger partial charge is 0.484 e. The molecule has 0 saturated carbocycles. The topological polar surface area (TPSA) is 49.8 Å². The fourth-order valence-electron chi connectivity index (χ4n) is 1.31. The van der Waals surface area contributed by atoms with E-state index in [0.717, 1.165) is 5.56 Å². The van der Waals surface area contributed by atoms with E-state index in [9.17, 15) is 4.79 Å². The number of carbonyl (C=O) groups excluding carboxylic acids is 1. The molecule has 1 rings (SSSR count). The molecule has 0 aliphatic rings. The van der Waals surface area contributed by atoms with Crippen LogP contribution in [0.1, 0.15) is 12.5 Å². The third kappa shape index (κ3) is 4.44. The van der Waals surface area contributed by atoms with Crippen LogP contribution in [0.3, 0.4) is 0 Å². The predicted molar refractivity (Wildman–Crippen MR) is 66.0 cm³/mol. The summed E-state index contributed by atoms with van der Waals surface area (Å²) in [7, 11) is 1.75. The molecule has 0 aliphatic heterocycles. The fraction of sp³-hybridized carbons (Fsp3) is 0.462. The molecule has 94 valence electrons. The minimum absolute atomic E-state index is 0.0352. The van der Waals surface area contributed by atoms with Crippen molar-refractivity contribution in [2.75, 3.05) is 26.8 Å². The predicted octanol–water partition coefficient (Wildman–Crippen LogP) is 1.08. The van der Waals surface area contributed by atoms with Crippen molar-refractivity contribution in [3.05, 3.63) is 29.8 Å². The van der Waals surface area contributed by atoms with Gasteiger partial charge >= 0.3 is 0 Å². The molecule has 1 amide bonds. The van der Waals surface area contributed by atoms with Crippen molar-refractivity contribution in [2.24, 2.45) is 0 Å². The number of hydrogen-bond acceptors (Lipinski definition) is 3. The van der Waals surface area contributed by atoms with Gasteiger partial charge < -0.3 is 14.7 Å². The van der Waals surface area contributed by atoms with E-state index in [1.807, 2.05) is 31.2 Å². The molecule has 0 spiro atoms. The molecule has 0 fully saturated rings. The van der Waals surface area contributed by atoms with Gasteiger partial charge in [-0.2, -0.15) is 0 Å². The monoisotopic (exact) mass is 237 g/mol. The Kier molecular flexibility index (Phi) is 5.49. The Morgan fingerprint density at radius 1 is 1.35 bits per heavy atom. The zero-order valence-corrected chi connectivity index (χ0v) is 10.3. The zero-order valence-electron chi connectivity index (χ0n) is 10.3. The van der Waals surface area contributed by atoms with E-state index >= 15 is 0 Å². The van der Waals surface area contributed by atoms with Gasteiger partial charge in [-0.15, -0.1) is 0 Å². The van der Waals surface area contributed by atoms with Crippen molar-refractivity contribution in [3.63, 3.8) is 0 Å². The number of carbonyl (C=O) groups is 1. The highest BCUT2D eigenvalue weighted by atomic mass is 16.5. The molecule has 0 unspecified atom stereocenters. The van der Waals surface area contributed by atoms with E-state index in [4.69, 9.17) is 9.84 Å². The third-order valence-electron chi connectivity index (χ3n) is 2.59. The maximum absolute atomic E-state index is 11.5. The second-order valence-electron chi connectivity index (χ2n) is 3.81. The number of aliphatic hydroxyl groups is 1. The van der Waals surface area contributed by atoms with Crippen molar-refractivity contribution in [3.8, 4) is 5.75 Å². The molecule has 0 radical (unpaired) electrons. The number of rotatable bonds is 6. The van der Waals surface area contributed by atoms with Gasteiger partial charge in [0.15, 0.2) is 6.61 Å². The molecule has 0 saturated heterocycles. The maximum atomic E-state index is 11.5. The van der Waals surface area contributed by atoms with Gasteiger partial charge in [0, 0.05) is 20.2 Å². The van der Waals surface area contributed by atoms with Crippen molar-refractivity contribution >= 4 is 5.91 Å². The summed E-state index contributed by atoms with van der Waals surface area (Å²) in [5, 5.41) is 8.77. The van der Waals surface area contributed by atoms with E-state index in [1.165, 1.54) is 0 Å². The first-order chi connectivity index (χ1) is 8.17. The molecule has 0 aromatic heterocycles. The highest BCUT2D eigenvalue weighted by molar-refractivity contribution is 5.77. The Hall–Kier alpha value is -1.55.